The van der Waals surface area contributed by atoms with E-state index in [2.05, 4.69) is 10.6 Å². The SMILES string of the molecule is O=C1NC(=O)c2cc(NC3CCCCCCC3)ccc21. The molecular formula is C16H20N2O2. The number of benzene rings is 1. The highest BCUT2D eigenvalue weighted by Gasteiger charge is 2.26. The van der Waals surface area contributed by atoms with Gasteiger partial charge >= 0.3 is 0 Å². The summed E-state index contributed by atoms with van der Waals surface area (Å²) in [5.41, 5.74) is 1.92. The average molecular weight is 272 g/mol. The number of imide groups is 1. The van der Waals surface area contributed by atoms with E-state index in [0.29, 0.717) is 17.2 Å². The fourth-order valence-electron chi connectivity index (χ4n) is 3.09. The molecule has 2 N–H and O–H groups in total. The van der Waals surface area contributed by atoms with Gasteiger partial charge in [0, 0.05) is 11.7 Å². The molecule has 20 heavy (non-hydrogen) atoms. The lowest BCUT2D eigenvalue weighted by Gasteiger charge is -2.22. The number of nitrogens with one attached hydrogen (secondary N) is 2. The van der Waals surface area contributed by atoms with Crippen molar-refractivity contribution in [3.8, 4) is 0 Å². The Hall–Kier alpha value is -1.84. The number of carbonyl (C=O) groups excluding carboxylic acids is 2. The van der Waals surface area contributed by atoms with Crippen LogP contribution >= 0.6 is 0 Å². The van der Waals surface area contributed by atoms with Crippen LogP contribution in [-0.4, -0.2) is 17.9 Å². The normalized spacial score (nSPS) is 20.0. The standard InChI is InChI=1S/C16H20N2O2/c19-15-13-9-8-12(10-14(13)16(20)18-15)17-11-6-4-2-1-3-5-7-11/h8-11,17H,1-7H2,(H,18,19,20). The number of hydrogen-bond acceptors (Lipinski definition) is 3. The fourth-order valence-corrected chi connectivity index (χ4v) is 3.09. The van der Waals surface area contributed by atoms with Gasteiger partial charge in [0.15, 0.2) is 0 Å². The molecule has 1 aliphatic carbocycles. The molecule has 0 unspecified atom stereocenters. The second-order valence-corrected chi connectivity index (χ2v) is 5.73. The monoisotopic (exact) mass is 272 g/mol. The minimum absolute atomic E-state index is 0.286. The lowest BCUT2D eigenvalue weighted by atomic mass is 9.96. The van der Waals surface area contributed by atoms with Crippen LogP contribution in [0.25, 0.3) is 0 Å². The molecule has 0 saturated heterocycles. The van der Waals surface area contributed by atoms with Gasteiger partial charge in [-0.1, -0.05) is 32.1 Å². The Bertz CT molecular complexity index is 531. The minimum atomic E-state index is -0.289. The van der Waals surface area contributed by atoms with Gasteiger partial charge in [-0.05, 0) is 31.0 Å². The Kier molecular flexibility index (Phi) is 3.72. The van der Waals surface area contributed by atoms with Gasteiger partial charge in [-0.2, -0.15) is 0 Å². The maximum Gasteiger partial charge on any atom is 0.259 e. The Morgan fingerprint density at radius 1 is 0.900 bits per heavy atom. The first-order chi connectivity index (χ1) is 9.74. The van der Waals surface area contributed by atoms with Crippen LogP contribution in [0.1, 0.15) is 65.7 Å². The van der Waals surface area contributed by atoms with Crippen LogP contribution < -0.4 is 10.6 Å². The molecule has 106 valence electrons. The van der Waals surface area contributed by atoms with Crippen molar-refractivity contribution in [1.82, 2.24) is 5.32 Å². The van der Waals surface area contributed by atoms with Crippen LogP contribution in [0.15, 0.2) is 18.2 Å². The lowest BCUT2D eigenvalue weighted by molar-refractivity contribution is 0.0879. The van der Waals surface area contributed by atoms with Crippen molar-refractivity contribution in [3.63, 3.8) is 0 Å². The molecule has 1 heterocycles. The summed E-state index contributed by atoms with van der Waals surface area (Å²) in [4.78, 5) is 23.2. The third-order valence-corrected chi connectivity index (χ3v) is 4.21. The highest BCUT2D eigenvalue weighted by Crippen LogP contribution is 2.24. The average Bonchev–Trinajstić information content (AvgIpc) is 2.68. The van der Waals surface area contributed by atoms with Crippen molar-refractivity contribution in [2.45, 2.75) is 51.0 Å². The molecular weight excluding hydrogens is 252 g/mol. The number of hydrogen-bond donors (Lipinski definition) is 2. The summed E-state index contributed by atoms with van der Waals surface area (Å²) in [5, 5.41) is 5.85. The molecule has 1 saturated carbocycles. The van der Waals surface area contributed by atoms with Crippen LogP contribution in [-0.2, 0) is 0 Å². The molecule has 4 heteroatoms. The summed E-state index contributed by atoms with van der Waals surface area (Å²) in [6, 6.07) is 5.92. The predicted molar refractivity (Wildman–Crippen MR) is 78.0 cm³/mol. The zero-order valence-corrected chi connectivity index (χ0v) is 11.6. The third kappa shape index (κ3) is 2.69. The van der Waals surface area contributed by atoms with Crippen molar-refractivity contribution in [1.29, 1.82) is 0 Å². The molecule has 3 rings (SSSR count). The summed E-state index contributed by atoms with van der Waals surface area (Å²) < 4.78 is 0. The van der Waals surface area contributed by atoms with E-state index in [1.807, 2.05) is 6.07 Å². The van der Waals surface area contributed by atoms with Crippen molar-refractivity contribution in [3.05, 3.63) is 29.3 Å². The van der Waals surface area contributed by atoms with Gasteiger partial charge in [-0.25, -0.2) is 0 Å². The third-order valence-electron chi connectivity index (χ3n) is 4.21. The van der Waals surface area contributed by atoms with Crippen LogP contribution in [0.2, 0.25) is 0 Å². The van der Waals surface area contributed by atoms with Crippen molar-refractivity contribution in [2.24, 2.45) is 0 Å². The number of anilines is 1. The van der Waals surface area contributed by atoms with Crippen molar-refractivity contribution < 1.29 is 9.59 Å². The van der Waals surface area contributed by atoms with Gasteiger partial charge in [0.25, 0.3) is 11.8 Å². The molecule has 0 atom stereocenters. The fraction of sp³-hybridized carbons (Fsp3) is 0.500. The quantitative estimate of drug-likeness (QED) is 0.813. The first-order valence-corrected chi connectivity index (χ1v) is 7.50. The van der Waals surface area contributed by atoms with E-state index in [1.54, 1.807) is 12.1 Å². The van der Waals surface area contributed by atoms with Gasteiger partial charge in [-0.3, -0.25) is 14.9 Å². The zero-order valence-electron chi connectivity index (χ0n) is 11.6. The number of amides is 2. The van der Waals surface area contributed by atoms with Crippen LogP contribution in [0.3, 0.4) is 0 Å². The largest absolute Gasteiger partial charge is 0.382 e. The summed E-state index contributed by atoms with van der Waals surface area (Å²) in [6.45, 7) is 0. The second-order valence-electron chi connectivity index (χ2n) is 5.73. The predicted octanol–water partition coefficient (Wildman–Crippen LogP) is 3.10. The minimum Gasteiger partial charge on any atom is -0.382 e. The summed E-state index contributed by atoms with van der Waals surface area (Å²) in [7, 11) is 0. The maximum absolute atomic E-state index is 11.7. The van der Waals surface area contributed by atoms with E-state index in [9.17, 15) is 9.59 Å². The summed E-state index contributed by atoms with van der Waals surface area (Å²) in [5.74, 6) is -0.575. The second kappa shape index (κ2) is 5.65. The van der Waals surface area contributed by atoms with Gasteiger partial charge in [-0.15, -0.1) is 0 Å². The van der Waals surface area contributed by atoms with E-state index in [1.165, 1.54) is 44.9 Å². The molecule has 2 aliphatic rings. The van der Waals surface area contributed by atoms with E-state index in [0.717, 1.165) is 5.69 Å². The molecule has 1 aromatic carbocycles. The van der Waals surface area contributed by atoms with Crippen LogP contribution in [0.5, 0.6) is 0 Å². The van der Waals surface area contributed by atoms with E-state index in [-0.39, 0.29) is 11.8 Å². The molecule has 1 aromatic rings. The first kappa shape index (κ1) is 13.2. The Labute approximate surface area is 118 Å². The molecule has 4 nitrogen and oxygen atoms in total. The highest BCUT2D eigenvalue weighted by atomic mass is 16.2. The summed E-state index contributed by atoms with van der Waals surface area (Å²) >= 11 is 0. The van der Waals surface area contributed by atoms with Gasteiger partial charge in [0.2, 0.25) is 0 Å². The first-order valence-electron chi connectivity index (χ1n) is 7.50. The van der Waals surface area contributed by atoms with Crippen molar-refractivity contribution >= 4 is 17.5 Å². The van der Waals surface area contributed by atoms with Gasteiger partial charge < -0.3 is 5.32 Å². The smallest absolute Gasteiger partial charge is 0.259 e. The van der Waals surface area contributed by atoms with Crippen LogP contribution in [0, 0.1) is 0 Å². The molecule has 1 aliphatic heterocycles. The van der Waals surface area contributed by atoms with E-state index in [4.69, 9.17) is 0 Å². The number of carbonyl (C=O) groups is 2. The Balaban J connectivity index is 1.73. The molecule has 0 aromatic heterocycles. The van der Waals surface area contributed by atoms with E-state index < -0.39 is 0 Å². The highest BCUT2D eigenvalue weighted by molar-refractivity contribution is 6.21. The molecule has 1 fully saturated rings. The maximum atomic E-state index is 11.7. The van der Waals surface area contributed by atoms with Crippen LogP contribution in [0.4, 0.5) is 5.69 Å². The van der Waals surface area contributed by atoms with Gasteiger partial charge in [0.05, 0.1) is 11.1 Å². The molecule has 0 bridgehead atoms. The summed E-state index contributed by atoms with van der Waals surface area (Å²) in [6.07, 6.45) is 8.89. The molecule has 0 radical (unpaired) electrons. The van der Waals surface area contributed by atoms with Gasteiger partial charge in [0.1, 0.15) is 0 Å². The number of rotatable bonds is 2. The Morgan fingerprint density at radius 2 is 1.55 bits per heavy atom. The van der Waals surface area contributed by atoms with Crippen molar-refractivity contribution in [2.75, 3.05) is 5.32 Å². The lowest BCUT2D eigenvalue weighted by Crippen LogP contribution is -2.21. The zero-order chi connectivity index (χ0) is 13.9. The molecule has 2 amide bonds. The molecule has 0 spiro atoms. The topological polar surface area (TPSA) is 58.2 Å². The van der Waals surface area contributed by atoms with E-state index >= 15 is 0 Å². The number of fused-ring (bicyclic) bond motifs is 1. The Morgan fingerprint density at radius 3 is 2.30 bits per heavy atom.